The molecular weight excluding hydrogens is 461 g/mol. The molecule has 11 heteroatoms. The fourth-order valence-electron chi connectivity index (χ4n) is 7.60. The molecule has 0 radical (unpaired) electrons. The van der Waals surface area contributed by atoms with Crippen LogP contribution in [0, 0.1) is 29.1 Å². The second-order valence-corrected chi connectivity index (χ2v) is 11.5. The van der Waals surface area contributed by atoms with Crippen molar-refractivity contribution in [3.8, 4) is 5.88 Å². The third-order valence-electron chi connectivity index (χ3n) is 9.15. The SMILES string of the molecule is CC1(C)C(=O)N(C2C3CC4CC2CC(c2nn[nH]n2)(C4)C3)CC1COc1ccc(C(F)(F)F)cn1. The van der Waals surface area contributed by atoms with E-state index >= 15 is 0 Å². The van der Waals surface area contributed by atoms with Crippen LogP contribution < -0.4 is 4.74 Å². The minimum Gasteiger partial charge on any atom is -0.477 e. The van der Waals surface area contributed by atoms with Crippen molar-refractivity contribution in [2.45, 2.75) is 63.6 Å². The Morgan fingerprint density at radius 2 is 1.91 bits per heavy atom. The van der Waals surface area contributed by atoms with Crippen molar-refractivity contribution in [3.05, 3.63) is 29.7 Å². The molecule has 2 aromatic heterocycles. The van der Waals surface area contributed by atoms with Gasteiger partial charge in [0.1, 0.15) is 0 Å². The highest BCUT2D eigenvalue weighted by Gasteiger charge is 2.61. The smallest absolute Gasteiger partial charge is 0.417 e. The Hall–Kier alpha value is -2.72. The van der Waals surface area contributed by atoms with Gasteiger partial charge in [0.05, 0.1) is 17.6 Å². The van der Waals surface area contributed by atoms with Crippen LogP contribution in [0.1, 0.15) is 57.3 Å². The first-order valence-electron chi connectivity index (χ1n) is 12.3. The van der Waals surface area contributed by atoms with Gasteiger partial charge in [0.25, 0.3) is 0 Å². The molecule has 4 saturated carbocycles. The van der Waals surface area contributed by atoms with Crippen LogP contribution >= 0.6 is 0 Å². The molecule has 188 valence electrons. The number of H-pyrrole nitrogens is 1. The molecule has 1 N–H and O–H groups in total. The minimum atomic E-state index is -4.44. The summed E-state index contributed by atoms with van der Waals surface area (Å²) < 4.78 is 44.2. The fraction of sp³-hybridized carbons (Fsp3) is 0.708. The normalized spacial score (nSPS) is 35.6. The highest BCUT2D eigenvalue weighted by molar-refractivity contribution is 5.85. The number of tetrazole rings is 1. The number of likely N-dealkylation sites (tertiary alicyclic amines) is 1. The number of amides is 1. The molecule has 8 nitrogen and oxygen atoms in total. The third-order valence-corrected chi connectivity index (χ3v) is 9.15. The van der Waals surface area contributed by atoms with Crippen LogP contribution in [0.2, 0.25) is 0 Å². The summed E-state index contributed by atoms with van der Waals surface area (Å²) in [6, 6.07) is 2.40. The van der Waals surface area contributed by atoms with Crippen molar-refractivity contribution < 1.29 is 22.7 Å². The number of hydrogen-bond donors (Lipinski definition) is 1. The van der Waals surface area contributed by atoms with Crippen molar-refractivity contribution in [2.24, 2.45) is 29.1 Å². The monoisotopic (exact) mass is 490 g/mol. The lowest BCUT2D eigenvalue weighted by Gasteiger charge is -2.60. The average molecular weight is 491 g/mol. The molecule has 3 unspecified atom stereocenters. The topological polar surface area (TPSA) is 96.9 Å². The predicted octanol–water partition coefficient (Wildman–Crippen LogP) is 3.62. The number of nitrogens with one attached hydrogen (secondary N) is 1. The van der Waals surface area contributed by atoms with Gasteiger partial charge < -0.3 is 9.64 Å². The van der Waals surface area contributed by atoms with Crippen LogP contribution in [0.25, 0.3) is 0 Å². The van der Waals surface area contributed by atoms with Crippen molar-refractivity contribution in [1.29, 1.82) is 0 Å². The summed E-state index contributed by atoms with van der Waals surface area (Å²) in [6.07, 6.45) is 1.65. The van der Waals surface area contributed by atoms with E-state index in [0.717, 1.165) is 50.2 Å². The second-order valence-electron chi connectivity index (χ2n) is 11.5. The highest BCUT2D eigenvalue weighted by Crippen LogP contribution is 2.62. The van der Waals surface area contributed by atoms with E-state index in [2.05, 4.69) is 30.5 Å². The molecule has 1 amide bonds. The number of alkyl halides is 3. The molecule has 35 heavy (non-hydrogen) atoms. The zero-order valence-corrected chi connectivity index (χ0v) is 19.8. The Kier molecular flexibility index (Phi) is 4.96. The molecule has 2 aromatic rings. The van der Waals surface area contributed by atoms with Gasteiger partial charge >= 0.3 is 6.18 Å². The van der Waals surface area contributed by atoms with Gasteiger partial charge in [-0.15, -0.1) is 10.2 Å². The standard InChI is InChI=1S/C24H29F3N6O2/c1-22(2)17(12-35-18-4-3-16(10-28-18)24(25,26)27)11-33(21(22)34)19-14-5-13-6-15(19)9-23(7-13,8-14)20-29-31-32-30-20/h3-4,10,13-15,17,19H,5-9,11-12H2,1-2H3,(H,29,30,31,32). The number of aromatic amines is 1. The van der Waals surface area contributed by atoms with E-state index in [1.54, 1.807) is 0 Å². The maximum absolute atomic E-state index is 13.6. The molecule has 7 rings (SSSR count). The van der Waals surface area contributed by atoms with Crippen LogP contribution in [-0.4, -0.2) is 55.6 Å². The average Bonchev–Trinajstić information content (AvgIpc) is 3.41. The number of carbonyl (C=O) groups is 1. The molecule has 5 fully saturated rings. The number of rotatable bonds is 5. The Morgan fingerprint density at radius 3 is 2.51 bits per heavy atom. The lowest BCUT2D eigenvalue weighted by atomic mass is 9.47. The molecule has 4 bridgehead atoms. The fourth-order valence-corrected chi connectivity index (χ4v) is 7.60. The van der Waals surface area contributed by atoms with Gasteiger partial charge in [-0.05, 0) is 55.9 Å². The lowest BCUT2D eigenvalue weighted by molar-refractivity contribution is -0.146. The zero-order chi connectivity index (χ0) is 24.6. The van der Waals surface area contributed by atoms with Gasteiger partial charge in [-0.1, -0.05) is 19.1 Å². The van der Waals surface area contributed by atoms with E-state index < -0.39 is 17.2 Å². The molecule has 1 aliphatic heterocycles. The summed E-state index contributed by atoms with van der Waals surface area (Å²) in [7, 11) is 0. The van der Waals surface area contributed by atoms with E-state index in [0.29, 0.717) is 24.3 Å². The van der Waals surface area contributed by atoms with Gasteiger partial charge in [0.2, 0.25) is 11.8 Å². The second kappa shape index (κ2) is 7.64. The Labute approximate surface area is 201 Å². The summed E-state index contributed by atoms with van der Waals surface area (Å²) in [5.41, 5.74) is -1.46. The van der Waals surface area contributed by atoms with Crippen LogP contribution in [0.4, 0.5) is 13.2 Å². The molecule has 5 aliphatic rings. The number of pyridine rings is 1. The molecule has 0 aromatic carbocycles. The van der Waals surface area contributed by atoms with Crippen molar-refractivity contribution in [1.82, 2.24) is 30.5 Å². The quantitative estimate of drug-likeness (QED) is 0.688. The first-order valence-corrected chi connectivity index (χ1v) is 12.3. The van der Waals surface area contributed by atoms with E-state index in [4.69, 9.17) is 4.74 Å². The lowest BCUT2D eigenvalue weighted by Crippen LogP contribution is -2.61. The van der Waals surface area contributed by atoms with E-state index in [1.807, 2.05) is 13.8 Å². The molecule has 4 aliphatic carbocycles. The summed E-state index contributed by atoms with van der Waals surface area (Å²) in [5, 5.41) is 15.1. The largest absolute Gasteiger partial charge is 0.477 e. The van der Waals surface area contributed by atoms with Gasteiger partial charge in [-0.3, -0.25) is 4.79 Å². The first-order chi connectivity index (χ1) is 16.6. The summed E-state index contributed by atoms with van der Waals surface area (Å²) in [6.45, 7) is 4.70. The number of carbonyl (C=O) groups excluding carboxylic acids is 1. The number of hydrogen-bond acceptors (Lipinski definition) is 6. The minimum absolute atomic E-state index is 0.0327. The van der Waals surface area contributed by atoms with Gasteiger partial charge in [-0.2, -0.15) is 18.4 Å². The van der Waals surface area contributed by atoms with E-state index in [-0.39, 0.29) is 35.8 Å². The van der Waals surface area contributed by atoms with E-state index in [9.17, 15) is 18.0 Å². The molecule has 3 heterocycles. The predicted molar refractivity (Wildman–Crippen MR) is 117 cm³/mol. The van der Waals surface area contributed by atoms with Crippen molar-refractivity contribution >= 4 is 5.91 Å². The van der Waals surface area contributed by atoms with Crippen LogP contribution in [-0.2, 0) is 16.4 Å². The molecular formula is C24H29F3N6O2. The number of aromatic nitrogens is 5. The Morgan fingerprint density at radius 1 is 1.17 bits per heavy atom. The summed E-state index contributed by atoms with van der Waals surface area (Å²) in [4.78, 5) is 19.5. The number of nitrogens with zero attached hydrogens (tertiary/aromatic N) is 5. The highest BCUT2D eigenvalue weighted by atomic mass is 19.4. The Balaban J connectivity index is 1.17. The van der Waals surface area contributed by atoms with Crippen LogP contribution in [0.5, 0.6) is 5.88 Å². The van der Waals surface area contributed by atoms with E-state index in [1.165, 1.54) is 6.07 Å². The van der Waals surface area contributed by atoms with Crippen molar-refractivity contribution in [3.63, 3.8) is 0 Å². The third kappa shape index (κ3) is 3.60. The van der Waals surface area contributed by atoms with Crippen molar-refractivity contribution in [2.75, 3.05) is 13.2 Å². The van der Waals surface area contributed by atoms with Crippen LogP contribution in [0.3, 0.4) is 0 Å². The molecule has 0 spiro atoms. The maximum atomic E-state index is 13.6. The van der Waals surface area contributed by atoms with Crippen LogP contribution in [0.15, 0.2) is 18.3 Å². The molecule has 1 saturated heterocycles. The molecule has 3 atom stereocenters. The summed E-state index contributed by atoms with van der Waals surface area (Å²) in [5.74, 6) is 2.47. The zero-order valence-electron chi connectivity index (χ0n) is 19.8. The van der Waals surface area contributed by atoms with Gasteiger partial charge in [0.15, 0.2) is 5.82 Å². The first kappa shape index (κ1) is 22.7. The maximum Gasteiger partial charge on any atom is 0.417 e. The van der Waals surface area contributed by atoms with Gasteiger partial charge in [0, 0.05) is 36.2 Å². The Bertz CT molecular complexity index is 1090. The number of ether oxygens (including phenoxy) is 1. The number of halogens is 3. The summed E-state index contributed by atoms with van der Waals surface area (Å²) >= 11 is 0. The van der Waals surface area contributed by atoms with Gasteiger partial charge in [-0.25, -0.2) is 4.98 Å².